The van der Waals surface area contributed by atoms with E-state index in [2.05, 4.69) is 11.6 Å². The van der Waals surface area contributed by atoms with Crippen LogP contribution in [0.5, 0.6) is 0 Å². The largest absolute Gasteiger partial charge is 0.481 e. The van der Waals surface area contributed by atoms with Gasteiger partial charge in [0, 0.05) is 23.5 Å². The molecular weight excluding hydrogens is 202 g/mol. The first-order chi connectivity index (χ1) is 7.70. The number of carboxylic acid groups (broad SMARTS) is 1. The number of aromatic amines is 1. The van der Waals surface area contributed by atoms with Crippen molar-refractivity contribution in [3.8, 4) is 0 Å². The number of H-pyrrole nitrogens is 1. The van der Waals surface area contributed by atoms with E-state index in [1.807, 2.05) is 24.4 Å². The van der Waals surface area contributed by atoms with E-state index in [0.29, 0.717) is 6.42 Å². The number of fused-ring (bicyclic) bond motifs is 1. The van der Waals surface area contributed by atoms with Gasteiger partial charge in [-0.2, -0.15) is 0 Å². The van der Waals surface area contributed by atoms with Crippen molar-refractivity contribution >= 4 is 22.9 Å². The van der Waals surface area contributed by atoms with Crippen LogP contribution in [0.4, 0.5) is 0 Å². The molecule has 3 heteroatoms. The highest BCUT2D eigenvalue weighted by Crippen LogP contribution is 2.21. The average Bonchev–Trinajstić information content (AvgIpc) is 2.68. The lowest BCUT2D eigenvalue weighted by Crippen LogP contribution is -1.96. The summed E-state index contributed by atoms with van der Waals surface area (Å²) in [7, 11) is 0. The number of hydrogen-bond acceptors (Lipinski definition) is 1. The van der Waals surface area contributed by atoms with Gasteiger partial charge in [0.15, 0.2) is 0 Å². The van der Waals surface area contributed by atoms with E-state index in [4.69, 9.17) is 5.11 Å². The maximum absolute atomic E-state index is 10.5. The van der Waals surface area contributed by atoms with E-state index in [9.17, 15) is 4.79 Å². The molecule has 2 rings (SSSR count). The summed E-state index contributed by atoms with van der Waals surface area (Å²) in [4.78, 5) is 13.7. The molecule has 0 fully saturated rings. The second-order valence-electron chi connectivity index (χ2n) is 3.72. The number of nitrogens with one attached hydrogen (secondary N) is 1. The van der Waals surface area contributed by atoms with Gasteiger partial charge in [-0.1, -0.05) is 18.7 Å². The summed E-state index contributed by atoms with van der Waals surface area (Å²) < 4.78 is 0. The number of aromatic nitrogens is 1. The second-order valence-corrected chi connectivity index (χ2v) is 3.72. The Morgan fingerprint density at radius 1 is 1.50 bits per heavy atom. The van der Waals surface area contributed by atoms with Crippen molar-refractivity contribution in [1.82, 2.24) is 4.98 Å². The molecule has 0 aliphatic rings. The third-order valence-corrected chi connectivity index (χ3v) is 2.64. The van der Waals surface area contributed by atoms with Crippen molar-refractivity contribution in [2.75, 3.05) is 0 Å². The molecule has 82 valence electrons. The number of carboxylic acids is 1. The molecule has 0 atom stereocenters. The van der Waals surface area contributed by atoms with Crippen LogP contribution in [0.25, 0.3) is 17.0 Å². The van der Waals surface area contributed by atoms with E-state index in [0.717, 1.165) is 22.0 Å². The minimum atomic E-state index is -0.769. The lowest BCUT2D eigenvalue weighted by atomic mass is 10.1. The predicted molar refractivity (Wildman–Crippen MR) is 64.3 cm³/mol. The monoisotopic (exact) mass is 215 g/mol. The van der Waals surface area contributed by atoms with Gasteiger partial charge < -0.3 is 10.1 Å². The summed E-state index contributed by atoms with van der Waals surface area (Å²) >= 11 is 0. The minimum Gasteiger partial charge on any atom is -0.481 e. The summed E-state index contributed by atoms with van der Waals surface area (Å²) in [5.41, 5.74) is 3.12. The first kappa shape index (κ1) is 10.5. The lowest BCUT2D eigenvalue weighted by Gasteiger charge is -1.98. The molecule has 0 unspecified atom stereocenters. The highest BCUT2D eigenvalue weighted by molar-refractivity contribution is 5.85. The van der Waals surface area contributed by atoms with Gasteiger partial charge in [0.1, 0.15) is 0 Å². The Morgan fingerprint density at radius 2 is 2.31 bits per heavy atom. The van der Waals surface area contributed by atoms with E-state index >= 15 is 0 Å². The Kier molecular flexibility index (Phi) is 2.77. The maximum Gasteiger partial charge on any atom is 0.303 e. The number of rotatable bonds is 4. The topological polar surface area (TPSA) is 53.1 Å². The third-order valence-electron chi connectivity index (χ3n) is 2.64. The zero-order chi connectivity index (χ0) is 11.5. The Balaban J connectivity index is 2.37. The van der Waals surface area contributed by atoms with Crippen LogP contribution in [0.15, 0.2) is 31.0 Å². The van der Waals surface area contributed by atoms with Crippen LogP contribution in [0.3, 0.4) is 0 Å². The molecule has 0 amide bonds. The Hall–Kier alpha value is -2.03. The highest BCUT2D eigenvalue weighted by Gasteiger charge is 2.05. The first-order valence-electron chi connectivity index (χ1n) is 5.15. The SMILES string of the molecule is C=Cc1ccc2[nH]cc(CCC(=O)O)c2c1. The normalized spacial score (nSPS) is 10.5. The van der Waals surface area contributed by atoms with Crippen LogP contribution in [-0.4, -0.2) is 16.1 Å². The molecule has 0 spiro atoms. The van der Waals surface area contributed by atoms with Gasteiger partial charge in [-0.25, -0.2) is 0 Å². The summed E-state index contributed by atoms with van der Waals surface area (Å²) in [6.45, 7) is 3.72. The standard InChI is InChI=1S/C13H13NO2/c1-2-9-3-5-12-11(7-9)10(8-14-12)4-6-13(15)16/h2-3,5,7-8,14H,1,4,6H2,(H,15,16). The second kappa shape index (κ2) is 4.23. The Bertz CT molecular complexity index is 540. The van der Waals surface area contributed by atoms with Crippen LogP contribution in [0.2, 0.25) is 0 Å². The summed E-state index contributed by atoms with van der Waals surface area (Å²) in [5.74, 6) is -0.769. The minimum absolute atomic E-state index is 0.158. The van der Waals surface area contributed by atoms with Gasteiger partial charge in [-0.05, 0) is 29.7 Å². The highest BCUT2D eigenvalue weighted by atomic mass is 16.4. The van der Waals surface area contributed by atoms with Crippen molar-refractivity contribution in [1.29, 1.82) is 0 Å². The molecule has 0 radical (unpaired) electrons. The summed E-state index contributed by atoms with van der Waals surface area (Å²) in [6.07, 6.45) is 4.37. The molecule has 0 aliphatic heterocycles. The molecule has 0 aliphatic carbocycles. The van der Waals surface area contributed by atoms with Gasteiger partial charge in [0.05, 0.1) is 0 Å². The molecule has 2 N–H and O–H groups in total. The zero-order valence-electron chi connectivity index (χ0n) is 8.86. The zero-order valence-corrected chi connectivity index (χ0v) is 8.86. The van der Waals surface area contributed by atoms with Gasteiger partial charge >= 0.3 is 5.97 Å². The third kappa shape index (κ3) is 1.98. The van der Waals surface area contributed by atoms with Crippen LogP contribution >= 0.6 is 0 Å². The molecular formula is C13H13NO2. The molecule has 16 heavy (non-hydrogen) atoms. The van der Waals surface area contributed by atoms with E-state index < -0.39 is 5.97 Å². The molecule has 1 aromatic carbocycles. The molecule has 0 bridgehead atoms. The average molecular weight is 215 g/mol. The van der Waals surface area contributed by atoms with E-state index in [1.165, 1.54) is 0 Å². The van der Waals surface area contributed by atoms with Gasteiger partial charge in [0.2, 0.25) is 0 Å². The fourth-order valence-electron chi connectivity index (χ4n) is 1.77. The number of hydrogen-bond donors (Lipinski definition) is 2. The van der Waals surface area contributed by atoms with E-state index in [1.54, 1.807) is 6.08 Å². The van der Waals surface area contributed by atoms with Crippen molar-refractivity contribution in [2.45, 2.75) is 12.8 Å². The molecule has 0 saturated heterocycles. The van der Waals surface area contributed by atoms with Gasteiger partial charge in [0.25, 0.3) is 0 Å². The van der Waals surface area contributed by atoms with Crippen LogP contribution in [0.1, 0.15) is 17.5 Å². The van der Waals surface area contributed by atoms with Gasteiger partial charge in [-0.15, -0.1) is 0 Å². The first-order valence-corrected chi connectivity index (χ1v) is 5.15. The van der Waals surface area contributed by atoms with Crippen molar-refractivity contribution in [3.63, 3.8) is 0 Å². The number of aryl methyl sites for hydroxylation is 1. The van der Waals surface area contributed by atoms with Gasteiger partial charge in [-0.3, -0.25) is 4.79 Å². The Labute approximate surface area is 93.4 Å². The Morgan fingerprint density at radius 3 is 3.00 bits per heavy atom. The van der Waals surface area contributed by atoms with Crippen molar-refractivity contribution in [2.24, 2.45) is 0 Å². The predicted octanol–water partition coefficient (Wildman–Crippen LogP) is 2.83. The fraction of sp³-hybridized carbons (Fsp3) is 0.154. The smallest absolute Gasteiger partial charge is 0.303 e. The number of benzene rings is 1. The lowest BCUT2D eigenvalue weighted by molar-refractivity contribution is -0.136. The van der Waals surface area contributed by atoms with Crippen LogP contribution in [0, 0.1) is 0 Å². The molecule has 1 heterocycles. The van der Waals surface area contributed by atoms with Crippen LogP contribution < -0.4 is 0 Å². The van der Waals surface area contributed by atoms with Crippen molar-refractivity contribution in [3.05, 3.63) is 42.1 Å². The maximum atomic E-state index is 10.5. The summed E-state index contributed by atoms with van der Waals surface area (Å²) in [6, 6.07) is 5.99. The summed E-state index contributed by atoms with van der Waals surface area (Å²) in [5, 5.41) is 9.74. The van der Waals surface area contributed by atoms with Crippen molar-refractivity contribution < 1.29 is 9.90 Å². The number of aliphatic carboxylic acids is 1. The molecule has 3 nitrogen and oxygen atoms in total. The quantitative estimate of drug-likeness (QED) is 0.823. The molecule has 1 aromatic heterocycles. The van der Waals surface area contributed by atoms with Crippen LogP contribution in [-0.2, 0) is 11.2 Å². The molecule has 2 aromatic rings. The fourth-order valence-corrected chi connectivity index (χ4v) is 1.77. The molecule has 0 saturated carbocycles. The van der Waals surface area contributed by atoms with E-state index in [-0.39, 0.29) is 6.42 Å². The number of carbonyl (C=O) groups is 1.